The summed E-state index contributed by atoms with van der Waals surface area (Å²) in [6, 6.07) is 12.2. The fraction of sp³-hybridized carbons (Fsp3) is 0.412. The first-order chi connectivity index (χ1) is 10.0. The van der Waals surface area contributed by atoms with Crippen LogP contribution in [-0.4, -0.2) is 24.8 Å². The first-order valence-corrected chi connectivity index (χ1v) is 8.02. The van der Waals surface area contributed by atoms with Gasteiger partial charge in [0.1, 0.15) is 11.4 Å². The maximum absolute atomic E-state index is 10.5. The molecule has 0 spiro atoms. The van der Waals surface area contributed by atoms with Crippen molar-refractivity contribution < 1.29 is 9.84 Å². The predicted octanol–water partition coefficient (Wildman–Crippen LogP) is 3.19. The second-order valence-corrected chi connectivity index (χ2v) is 6.50. The molecule has 2 aromatic rings. The predicted molar refractivity (Wildman–Crippen MR) is 88.1 cm³/mol. The Kier molecular flexibility index (Phi) is 5.39. The molecule has 2 N–H and O–H groups in total. The molecule has 1 aromatic heterocycles. The van der Waals surface area contributed by atoms with Gasteiger partial charge in [-0.3, -0.25) is 0 Å². The molecule has 0 saturated carbocycles. The van der Waals surface area contributed by atoms with E-state index < -0.39 is 5.60 Å². The van der Waals surface area contributed by atoms with Crippen LogP contribution in [0.3, 0.4) is 0 Å². The highest BCUT2D eigenvalue weighted by Gasteiger charge is 2.24. The zero-order valence-corrected chi connectivity index (χ0v) is 13.6. The van der Waals surface area contributed by atoms with E-state index in [4.69, 9.17) is 4.74 Å². The average Bonchev–Trinajstić information content (AvgIpc) is 3.01. The molecule has 0 fully saturated rings. The molecule has 0 aliphatic heterocycles. The first-order valence-electron chi connectivity index (χ1n) is 7.14. The highest BCUT2D eigenvalue weighted by Crippen LogP contribution is 2.25. The van der Waals surface area contributed by atoms with Gasteiger partial charge in [-0.2, -0.15) is 0 Å². The number of nitrogens with one attached hydrogen (secondary N) is 1. The van der Waals surface area contributed by atoms with Crippen LogP contribution in [0.25, 0.3) is 0 Å². The van der Waals surface area contributed by atoms with Crippen LogP contribution in [0.4, 0.5) is 0 Å². The molecule has 0 radical (unpaired) electrons. The second-order valence-electron chi connectivity index (χ2n) is 5.55. The van der Waals surface area contributed by atoms with Crippen molar-refractivity contribution in [1.29, 1.82) is 0 Å². The lowest BCUT2D eigenvalue weighted by atomic mass is 10.0. The maximum atomic E-state index is 10.5. The van der Waals surface area contributed by atoms with Crippen LogP contribution in [0.5, 0.6) is 5.75 Å². The molecule has 114 valence electrons. The summed E-state index contributed by atoms with van der Waals surface area (Å²) in [6.07, 6.45) is 0.866. The molecule has 3 nitrogen and oxygen atoms in total. The molecule has 0 aliphatic carbocycles. The van der Waals surface area contributed by atoms with E-state index in [0.29, 0.717) is 6.54 Å². The van der Waals surface area contributed by atoms with Gasteiger partial charge in [0.15, 0.2) is 0 Å². The van der Waals surface area contributed by atoms with Crippen LogP contribution in [0.2, 0.25) is 0 Å². The molecule has 2 atom stereocenters. The van der Waals surface area contributed by atoms with Gasteiger partial charge in [0.05, 0.1) is 7.11 Å². The van der Waals surface area contributed by atoms with Crippen LogP contribution in [0, 0.1) is 0 Å². The summed E-state index contributed by atoms with van der Waals surface area (Å²) < 4.78 is 5.38. The molecular formula is C17H23NO2S. The van der Waals surface area contributed by atoms with Crippen molar-refractivity contribution >= 4 is 11.3 Å². The van der Waals surface area contributed by atoms with Crippen LogP contribution < -0.4 is 10.1 Å². The van der Waals surface area contributed by atoms with Crippen LogP contribution in [0.15, 0.2) is 41.8 Å². The number of benzene rings is 1. The monoisotopic (exact) mass is 305 g/mol. The van der Waals surface area contributed by atoms with Crippen molar-refractivity contribution in [3.05, 3.63) is 52.2 Å². The zero-order chi connectivity index (χ0) is 15.3. The third-order valence-corrected chi connectivity index (χ3v) is 4.69. The fourth-order valence-electron chi connectivity index (χ4n) is 2.32. The van der Waals surface area contributed by atoms with Crippen molar-refractivity contribution in [1.82, 2.24) is 5.32 Å². The van der Waals surface area contributed by atoms with Crippen molar-refractivity contribution in [3.8, 4) is 5.75 Å². The molecule has 0 saturated heterocycles. The van der Waals surface area contributed by atoms with Gasteiger partial charge in [-0.15, -0.1) is 11.3 Å². The van der Waals surface area contributed by atoms with Gasteiger partial charge in [-0.1, -0.05) is 24.3 Å². The number of aliphatic hydroxyl groups is 1. The number of ether oxygens (including phenoxy) is 1. The molecule has 4 heteroatoms. The number of methoxy groups -OCH3 is 1. The number of rotatable bonds is 7. The SMILES string of the molecule is COc1ccccc1CC(C)NCC(C)(O)c1cccs1. The number of hydrogen-bond donors (Lipinski definition) is 2. The Morgan fingerprint density at radius 2 is 2.05 bits per heavy atom. The Balaban J connectivity index is 1.92. The van der Waals surface area contributed by atoms with Crippen molar-refractivity contribution in [2.45, 2.75) is 31.9 Å². The van der Waals surface area contributed by atoms with E-state index >= 15 is 0 Å². The van der Waals surface area contributed by atoms with Crippen LogP contribution >= 0.6 is 11.3 Å². The smallest absolute Gasteiger partial charge is 0.122 e. The Morgan fingerprint density at radius 1 is 1.29 bits per heavy atom. The Bertz CT molecular complexity index is 552. The first kappa shape index (κ1) is 16.0. The highest BCUT2D eigenvalue weighted by molar-refractivity contribution is 7.10. The minimum atomic E-state index is -0.830. The van der Waals surface area contributed by atoms with Gasteiger partial charge >= 0.3 is 0 Å². The van der Waals surface area contributed by atoms with E-state index in [-0.39, 0.29) is 6.04 Å². The molecule has 21 heavy (non-hydrogen) atoms. The van der Waals surface area contributed by atoms with E-state index in [9.17, 15) is 5.11 Å². The second kappa shape index (κ2) is 7.07. The highest BCUT2D eigenvalue weighted by atomic mass is 32.1. The van der Waals surface area contributed by atoms with Crippen LogP contribution in [0.1, 0.15) is 24.3 Å². The van der Waals surface area contributed by atoms with Crippen molar-refractivity contribution in [2.24, 2.45) is 0 Å². The molecular weight excluding hydrogens is 282 g/mol. The summed E-state index contributed by atoms with van der Waals surface area (Å²) in [5, 5.41) is 15.9. The summed E-state index contributed by atoms with van der Waals surface area (Å²) in [6.45, 7) is 4.50. The van der Waals surface area contributed by atoms with Gasteiger partial charge in [-0.25, -0.2) is 0 Å². The van der Waals surface area contributed by atoms with E-state index in [1.165, 1.54) is 5.56 Å². The Labute approximate surface area is 130 Å². The normalized spacial score (nSPS) is 15.4. The zero-order valence-electron chi connectivity index (χ0n) is 12.8. The lowest BCUT2D eigenvalue weighted by Gasteiger charge is -2.25. The summed E-state index contributed by atoms with van der Waals surface area (Å²) in [5.41, 5.74) is 0.346. The molecule has 1 heterocycles. The number of hydrogen-bond acceptors (Lipinski definition) is 4. The summed E-state index contributed by atoms with van der Waals surface area (Å²) in [4.78, 5) is 0.986. The van der Waals surface area contributed by atoms with E-state index in [0.717, 1.165) is 17.0 Å². The standard InChI is InChI=1S/C17H23NO2S/c1-13(11-14-7-4-5-8-15(14)20-3)18-12-17(2,19)16-9-6-10-21-16/h4-10,13,18-19H,11-12H2,1-3H3. The number of para-hydroxylation sites is 1. The lowest BCUT2D eigenvalue weighted by Crippen LogP contribution is -2.40. The fourth-order valence-corrected chi connectivity index (χ4v) is 3.11. The van der Waals surface area contributed by atoms with Gasteiger partial charge < -0.3 is 15.2 Å². The number of thiophene rings is 1. The summed E-state index contributed by atoms with van der Waals surface area (Å²) in [7, 11) is 1.69. The van der Waals surface area contributed by atoms with Crippen LogP contribution in [-0.2, 0) is 12.0 Å². The van der Waals surface area contributed by atoms with Gasteiger partial charge in [0.2, 0.25) is 0 Å². The van der Waals surface area contributed by atoms with E-state index in [1.807, 2.05) is 42.6 Å². The van der Waals surface area contributed by atoms with Gasteiger partial charge in [0.25, 0.3) is 0 Å². The quantitative estimate of drug-likeness (QED) is 0.825. The van der Waals surface area contributed by atoms with E-state index in [2.05, 4.69) is 18.3 Å². The minimum Gasteiger partial charge on any atom is -0.496 e. The van der Waals surface area contributed by atoms with E-state index in [1.54, 1.807) is 18.4 Å². The molecule has 0 aliphatic rings. The molecule has 2 rings (SSSR count). The molecule has 0 amide bonds. The third-order valence-electron chi connectivity index (χ3n) is 3.57. The van der Waals surface area contributed by atoms with Crippen molar-refractivity contribution in [3.63, 3.8) is 0 Å². The molecule has 0 bridgehead atoms. The summed E-state index contributed by atoms with van der Waals surface area (Å²) in [5.74, 6) is 0.913. The largest absolute Gasteiger partial charge is 0.496 e. The third kappa shape index (κ3) is 4.30. The van der Waals surface area contributed by atoms with Crippen molar-refractivity contribution in [2.75, 3.05) is 13.7 Å². The average molecular weight is 305 g/mol. The Hall–Kier alpha value is -1.36. The molecule has 1 aromatic carbocycles. The topological polar surface area (TPSA) is 41.5 Å². The van der Waals surface area contributed by atoms with Gasteiger partial charge in [-0.05, 0) is 43.3 Å². The minimum absolute atomic E-state index is 0.257. The maximum Gasteiger partial charge on any atom is 0.122 e. The Morgan fingerprint density at radius 3 is 2.71 bits per heavy atom. The molecule has 2 unspecified atom stereocenters. The lowest BCUT2D eigenvalue weighted by molar-refractivity contribution is 0.0581. The van der Waals surface area contributed by atoms with Gasteiger partial charge in [0, 0.05) is 17.5 Å². The summed E-state index contributed by atoms with van der Waals surface area (Å²) >= 11 is 1.58.